The number of rotatable bonds is 7. The highest BCUT2D eigenvalue weighted by molar-refractivity contribution is 6.35. The number of aliphatic hydroxyl groups is 5. The van der Waals surface area contributed by atoms with Crippen LogP contribution >= 0.6 is 11.6 Å². The van der Waals surface area contributed by atoms with Crippen molar-refractivity contribution in [3.8, 4) is 0 Å². The van der Waals surface area contributed by atoms with Crippen molar-refractivity contribution in [1.29, 1.82) is 0 Å². The topological polar surface area (TPSA) is 115 Å². The Morgan fingerprint density at radius 2 is 1.62 bits per heavy atom. The highest BCUT2D eigenvalue weighted by Gasteiger charge is 2.44. The van der Waals surface area contributed by atoms with Crippen LogP contribution in [0.4, 0.5) is 0 Å². The van der Waals surface area contributed by atoms with E-state index in [0.29, 0.717) is 17.1 Å². The summed E-state index contributed by atoms with van der Waals surface area (Å²) in [5.41, 5.74) is 3.60. The molecule has 1 aliphatic heterocycles. The summed E-state index contributed by atoms with van der Waals surface area (Å²) in [5, 5.41) is 50.9. The van der Waals surface area contributed by atoms with Gasteiger partial charge in [-0.2, -0.15) is 0 Å². The second-order valence-corrected chi connectivity index (χ2v) is 8.65. The molecule has 0 radical (unpaired) electrons. The molecule has 1 saturated heterocycles. The first-order valence-corrected chi connectivity index (χ1v) is 11.1. The lowest BCUT2D eigenvalue weighted by Gasteiger charge is -2.40. The first kappa shape index (κ1) is 23.2. The predicted octanol–water partition coefficient (Wildman–Crippen LogP) is 1.78. The van der Waals surface area contributed by atoms with Gasteiger partial charge >= 0.3 is 0 Å². The van der Waals surface area contributed by atoms with Gasteiger partial charge in [-0.1, -0.05) is 48.0 Å². The average molecular weight is 462 g/mol. The Morgan fingerprint density at radius 1 is 0.906 bits per heavy atom. The van der Waals surface area contributed by atoms with Crippen LogP contribution in [0.3, 0.4) is 0 Å². The molecule has 1 fully saturated rings. The molecule has 32 heavy (non-hydrogen) atoms. The first-order chi connectivity index (χ1) is 15.4. The monoisotopic (exact) mass is 461 g/mol. The van der Waals surface area contributed by atoms with Crippen LogP contribution in [0, 0.1) is 0 Å². The Bertz CT molecular complexity index is 1050. The third-order valence-electron chi connectivity index (χ3n) is 6.08. The molecule has 2 heterocycles. The van der Waals surface area contributed by atoms with E-state index < -0.39 is 37.1 Å². The second-order valence-electron chi connectivity index (χ2n) is 8.24. The minimum absolute atomic E-state index is 0.163. The standard InChI is InChI=1S/C24H28ClNO6/c25-18-5-1-4-16-17(24-23(31)22(30)21(29)19(13-28)32-24)12-26(20(16)18)11-15-8-6-14(7-9-15)3-2-10-27/h1,4-9,12,19,21-24,27-31H,2-3,10-11,13H2/t19-,21-,22+,23-,24+/m1/s1. The number of hydrogen-bond acceptors (Lipinski definition) is 6. The number of halogens is 1. The van der Waals surface area contributed by atoms with E-state index in [1.165, 1.54) is 0 Å². The molecular weight excluding hydrogens is 434 g/mol. The third kappa shape index (κ3) is 4.43. The molecule has 1 aliphatic rings. The van der Waals surface area contributed by atoms with Crippen LogP contribution < -0.4 is 0 Å². The van der Waals surface area contributed by atoms with Crippen molar-refractivity contribution in [2.24, 2.45) is 0 Å². The van der Waals surface area contributed by atoms with Gasteiger partial charge in [-0.15, -0.1) is 0 Å². The van der Waals surface area contributed by atoms with Crippen LogP contribution in [0.25, 0.3) is 10.9 Å². The summed E-state index contributed by atoms with van der Waals surface area (Å²) in [7, 11) is 0. The number of ether oxygens (including phenoxy) is 1. The van der Waals surface area contributed by atoms with E-state index in [1.54, 1.807) is 12.1 Å². The van der Waals surface area contributed by atoms with Crippen molar-refractivity contribution in [1.82, 2.24) is 4.57 Å². The van der Waals surface area contributed by atoms with Crippen molar-refractivity contribution in [2.75, 3.05) is 13.2 Å². The highest BCUT2D eigenvalue weighted by atomic mass is 35.5. The number of aliphatic hydroxyl groups excluding tert-OH is 5. The van der Waals surface area contributed by atoms with Crippen molar-refractivity contribution < 1.29 is 30.3 Å². The summed E-state index contributed by atoms with van der Waals surface area (Å²) in [6, 6.07) is 13.6. The van der Waals surface area contributed by atoms with Gasteiger partial charge in [0.05, 0.1) is 17.1 Å². The zero-order chi connectivity index (χ0) is 22.8. The van der Waals surface area contributed by atoms with E-state index in [1.807, 2.05) is 41.1 Å². The van der Waals surface area contributed by atoms with Gasteiger partial charge in [-0.05, 0) is 30.0 Å². The highest BCUT2D eigenvalue weighted by Crippen LogP contribution is 2.39. The fourth-order valence-corrected chi connectivity index (χ4v) is 4.63. The largest absolute Gasteiger partial charge is 0.396 e. The van der Waals surface area contributed by atoms with E-state index in [9.17, 15) is 20.4 Å². The number of aromatic nitrogens is 1. The van der Waals surface area contributed by atoms with E-state index in [-0.39, 0.29) is 6.61 Å². The van der Waals surface area contributed by atoms with Crippen LogP contribution in [0.15, 0.2) is 48.7 Å². The zero-order valence-corrected chi connectivity index (χ0v) is 18.3. The van der Waals surface area contributed by atoms with Gasteiger partial charge in [0, 0.05) is 30.3 Å². The lowest BCUT2D eigenvalue weighted by atomic mass is 9.91. The van der Waals surface area contributed by atoms with Crippen LogP contribution in [0.2, 0.25) is 5.02 Å². The molecule has 0 amide bonds. The number of nitrogens with zero attached hydrogens (tertiary/aromatic N) is 1. The Kier molecular flexibility index (Phi) is 7.17. The normalized spacial score (nSPS) is 26.0. The maximum absolute atomic E-state index is 10.6. The van der Waals surface area contributed by atoms with Gasteiger partial charge in [-0.3, -0.25) is 0 Å². The zero-order valence-electron chi connectivity index (χ0n) is 17.5. The molecule has 0 unspecified atom stereocenters. The van der Waals surface area contributed by atoms with Crippen molar-refractivity contribution in [3.05, 3.63) is 70.4 Å². The third-order valence-corrected chi connectivity index (χ3v) is 6.38. The summed E-state index contributed by atoms with van der Waals surface area (Å²) in [6.45, 7) is 0.206. The molecule has 0 saturated carbocycles. The molecule has 172 valence electrons. The number of fused-ring (bicyclic) bond motifs is 1. The van der Waals surface area contributed by atoms with E-state index >= 15 is 0 Å². The van der Waals surface area contributed by atoms with Crippen molar-refractivity contribution in [2.45, 2.75) is 49.9 Å². The predicted molar refractivity (Wildman–Crippen MR) is 121 cm³/mol. The van der Waals surface area contributed by atoms with Gasteiger partial charge in [0.25, 0.3) is 0 Å². The molecule has 0 aliphatic carbocycles. The Labute approximate surface area is 191 Å². The van der Waals surface area contributed by atoms with E-state index in [4.69, 9.17) is 21.4 Å². The Balaban J connectivity index is 1.69. The van der Waals surface area contributed by atoms with E-state index in [2.05, 4.69) is 0 Å². The Hall–Kier alpha value is -1.97. The van der Waals surface area contributed by atoms with E-state index in [0.717, 1.165) is 34.9 Å². The molecule has 5 N–H and O–H groups in total. The molecule has 2 aromatic carbocycles. The lowest BCUT2D eigenvalue weighted by molar-refractivity contribution is -0.231. The molecule has 1 aromatic heterocycles. The minimum atomic E-state index is -1.45. The van der Waals surface area contributed by atoms with Crippen molar-refractivity contribution >= 4 is 22.5 Å². The molecule has 7 nitrogen and oxygen atoms in total. The number of para-hydroxylation sites is 1. The first-order valence-electron chi connectivity index (χ1n) is 10.7. The number of hydrogen-bond donors (Lipinski definition) is 5. The number of benzene rings is 2. The van der Waals surface area contributed by atoms with Gasteiger partial charge in [-0.25, -0.2) is 0 Å². The summed E-state index contributed by atoms with van der Waals surface area (Å²) in [6.07, 6.45) is -2.77. The average Bonchev–Trinajstić information content (AvgIpc) is 3.16. The fraction of sp³-hybridized carbons (Fsp3) is 0.417. The SMILES string of the molecule is OCCCc1ccc(Cn2cc([C@@H]3O[C@H](CO)[C@@H](O)[C@H](O)[C@H]3O)c3cccc(Cl)c32)cc1. The quantitative estimate of drug-likeness (QED) is 0.366. The van der Waals surface area contributed by atoms with Crippen molar-refractivity contribution in [3.63, 3.8) is 0 Å². The fourth-order valence-electron chi connectivity index (χ4n) is 4.34. The summed E-state index contributed by atoms with van der Waals surface area (Å²) in [5.74, 6) is 0. The summed E-state index contributed by atoms with van der Waals surface area (Å²) >= 11 is 6.53. The Morgan fingerprint density at radius 3 is 2.31 bits per heavy atom. The lowest BCUT2D eigenvalue weighted by Crippen LogP contribution is -2.55. The van der Waals surface area contributed by atoms with Crippen LogP contribution in [0.1, 0.15) is 29.2 Å². The van der Waals surface area contributed by atoms with Gasteiger partial charge < -0.3 is 34.8 Å². The van der Waals surface area contributed by atoms with Crippen LogP contribution in [-0.4, -0.2) is 67.7 Å². The molecule has 5 atom stereocenters. The molecule has 0 spiro atoms. The minimum Gasteiger partial charge on any atom is -0.396 e. The maximum atomic E-state index is 10.6. The summed E-state index contributed by atoms with van der Waals surface area (Å²) in [4.78, 5) is 0. The maximum Gasteiger partial charge on any atom is 0.114 e. The smallest absolute Gasteiger partial charge is 0.114 e. The van der Waals surface area contributed by atoms with Gasteiger partial charge in [0.1, 0.15) is 30.5 Å². The molecule has 3 aromatic rings. The summed E-state index contributed by atoms with van der Waals surface area (Å²) < 4.78 is 7.76. The molecule has 0 bridgehead atoms. The molecule has 4 rings (SSSR count). The van der Waals surface area contributed by atoms with Gasteiger partial charge in [0.15, 0.2) is 0 Å². The molecule has 8 heteroatoms. The number of aryl methyl sites for hydroxylation is 1. The van der Waals surface area contributed by atoms with Crippen LogP contribution in [-0.2, 0) is 17.7 Å². The van der Waals surface area contributed by atoms with Crippen LogP contribution in [0.5, 0.6) is 0 Å². The second kappa shape index (κ2) is 9.89. The molecular formula is C24H28ClNO6. The van der Waals surface area contributed by atoms with Gasteiger partial charge in [0.2, 0.25) is 0 Å².